The highest BCUT2D eigenvalue weighted by Crippen LogP contribution is 2.62. The lowest BCUT2D eigenvalue weighted by Crippen LogP contribution is -2.61. The van der Waals surface area contributed by atoms with Crippen molar-refractivity contribution in [1.82, 2.24) is 0 Å². The molecule has 1 aliphatic heterocycles. The number of carbonyl (C=O) groups is 2. The highest BCUT2D eigenvalue weighted by molar-refractivity contribution is 5.90. The Hall–Kier alpha value is -1.86. The van der Waals surface area contributed by atoms with Gasteiger partial charge in [-0.3, -0.25) is 9.59 Å². The van der Waals surface area contributed by atoms with E-state index >= 15 is 0 Å². The fourth-order valence-electron chi connectivity index (χ4n) is 7.00. The summed E-state index contributed by atoms with van der Waals surface area (Å²) in [5, 5.41) is 60.2. The maximum Gasteiger partial charge on any atom is 0.317 e. The Labute approximate surface area is 235 Å². The molecule has 10 atom stereocenters. The van der Waals surface area contributed by atoms with E-state index in [0.29, 0.717) is 25.7 Å². The van der Waals surface area contributed by atoms with Gasteiger partial charge in [0.05, 0.1) is 18.8 Å². The molecular formula is C29H46O11. The number of carbonyl (C=O) groups excluding carboxylic acids is 1. The number of aliphatic hydroxyl groups excluding tert-OH is 5. The van der Waals surface area contributed by atoms with E-state index < -0.39 is 73.3 Å². The van der Waals surface area contributed by atoms with Gasteiger partial charge < -0.3 is 44.8 Å². The zero-order valence-electron chi connectivity index (χ0n) is 23.9. The second kappa shape index (κ2) is 13.0. The first kappa shape index (κ1) is 32.7. The standard InChI is InChI=1S/C29H46O11/c1-15(9-11-38-23(34)13-22(32)33)6-7-17-16(2)18(12-20-28(3,4)21(31)8-10-29(17,20)5)39-27-26(37)25(36)24(35)19(14-30)40-27/h9,17-21,24-27,30-31,35-37H,2,6-8,10-14H2,1,3-5H3,(H,32,33)/b15-9-/t17-,18+,19+,20-,21-,24+,25-,26+,27+,29-/m1/s1. The Morgan fingerprint density at radius 3 is 2.42 bits per heavy atom. The second-order valence-electron chi connectivity index (χ2n) is 12.5. The SMILES string of the molecule is C=C1[C@@H](O[C@H]2O[C@@H](CO)[C@H](O)[C@@H](O)[C@@H]2O)C[C@@H]2C(C)(C)[C@H](O)CC[C@]2(C)[C@@H]1CC/C(C)=C\COC(=O)CC(=O)O. The summed E-state index contributed by atoms with van der Waals surface area (Å²) in [7, 11) is 0. The molecule has 0 amide bonds. The number of carboxylic acid groups (broad SMARTS) is 1. The maximum absolute atomic E-state index is 11.5. The largest absolute Gasteiger partial charge is 0.481 e. The van der Waals surface area contributed by atoms with Gasteiger partial charge >= 0.3 is 11.9 Å². The lowest BCUT2D eigenvalue weighted by Gasteiger charge is -2.61. The van der Waals surface area contributed by atoms with Gasteiger partial charge in [0.25, 0.3) is 0 Å². The van der Waals surface area contributed by atoms with Crippen molar-refractivity contribution in [2.45, 2.75) is 109 Å². The van der Waals surface area contributed by atoms with Crippen molar-refractivity contribution in [3.8, 4) is 0 Å². The number of esters is 1. The van der Waals surface area contributed by atoms with E-state index in [9.17, 15) is 35.1 Å². The summed E-state index contributed by atoms with van der Waals surface area (Å²) >= 11 is 0. The molecule has 11 nitrogen and oxygen atoms in total. The van der Waals surface area contributed by atoms with Crippen LogP contribution in [0.25, 0.3) is 0 Å². The smallest absolute Gasteiger partial charge is 0.317 e. The molecule has 3 rings (SSSR count). The number of allylic oxidation sites excluding steroid dienone is 1. The molecular weight excluding hydrogens is 524 g/mol. The molecule has 0 aromatic heterocycles. The van der Waals surface area contributed by atoms with Crippen LogP contribution in [0.15, 0.2) is 23.8 Å². The van der Waals surface area contributed by atoms with Crippen LogP contribution in [0.4, 0.5) is 0 Å². The van der Waals surface area contributed by atoms with Crippen LogP contribution in [0.2, 0.25) is 0 Å². The monoisotopic (exact) mass is 570 g/mol. The summed E-state index contributed by atoms with van der Waals surface area (Å²) in [6.07, 6.45) is -3.68. The molecule has 0 aromatic carbocycles. The number of aliphatic carboxylic acids is 1. The number of fused-ring (bicyclic) bond motifs is 1. The van der Waals surface area contributed by atoms with Gasteiger partial charge in [-0.1, -0.05) is 32.9 Å². The highest BCUT2D eigenvalue weighted by atomic mass is 16.7. The quantitative estimate of drug-likeness (QED) is 0.0963. The van der Waals surface area contributed by atoms with Crippen LogP contribution in [0.1, 0.15) is 66.2 Å². The summed E-state index contributed by atoms with van der Waals surface area (Å²) in [4.78, 5) is 22.2. The predicted molar refractivity (Wildman–Crippen MR) is 143 cm³/mol. The molecule has 0 spiro atoms. The summed E-state index contributed by atoms with van der Waals surface area (Å²) in [6.45, 7) is 12.0. The van der Waals surface area contributed by atoms with Crippen LogP contribution in [-0.4, -0.2) is 98.7 Å². The molecule has 0 aromatic rings. The molecule has 2 aliphatic carbocycles. The first-order chi connectivity index (χ1) is 18.6. The van der Waals surface area contributed by atoms with Gasteiger partial charge in [-0.2, -0.15) is 0 Å². The molecule has 6 N–H and O–H groups in total. The summed E-state index contributed by atoms with van der Waals surface area (Å²) in [5.41, 5.74) is 1.13. The fraction of sp³-hybridized carbons (Fsp3) is 0.793. The third kappa shape index (κ3) is 6.78. The molecule has 1 saturated heterocycles. The molecule has 3 aliphatic rings. The lowest BCUT2D eigenvalue weighted by molar-refractivity contribution is -0.313. The van der Waals surface area contributed by atoms with Crippen molar-refractivity contribution in [2.75, 3.05) is 13.2 Å². The van der Waals surface area contributed by atoms with Gasteiger partial charge in [-0.15, -0.1) is 0 Å². The minimum Gasteiger partial charge on any atom is -0.481 e. The minimum absolute atomic E-state index is 0.0223. The Morgan fingerprint density at radius 1 is 1.12 bits per heavy atom. The number of hydrogen-bond donors (Lipinski definition) is 6. The van der Waals surface area contributed by atoms with Crippen LogP contribution < -0.4 is 0 Å². The Balaban J connectivity index is 1.79. The molecule has 1 heterocycles. The van der Waals surface area contributed by atoms with Crippen LogP contribution in [-0.2, 0) is 23.8 Å². The van der Waals surface area contributed by atoms with E-state index in [1.54, 1.807) is 6.08 Å². The molecule has 40 heavy (non-hydrogen) atoms. The minimum atomic E-state index is -1.56. The van der Waals surface area contributed by atoms with E-state index in [1.165, 1.54) is 0 Å². The second-order valence-corrected chi connectivity index (χ2v) is 12.5. The molecule has 0 unspecified atom stereocenters. The lowest BCUT2D eigenvalue weighted by atomic mass is 9.46. The topological polar surface area (TPSA) is 183 Å². The number of hydrogen-bond acceptors (Lipinski definition) is 10. The van der Waals surface area contributed by atoms with Crippen LogP contribution in [0.3, 0.4) is 0 Å². The fourth-order valence-corrected chi connectivity index (χ4v) is 7.00. The average molecular weight is 571 g/mol. The van der Waals surface area contributed by atoms with Crippen molar-refractivity contribution in [3.63, 3.8) is 0 Å². The van der Waals surface area contributed by atoms with Crippen LogP contribution >= 0.6 is 0 Å². The molecule has 228 valence electrons. The molecule has 2 saturated carbocycles. The Kier molecular flexibility index (Phi) is 10.6. The predicted octanol–water partition coefficient (Wildman–Crippen LogP) is 1.30. The molecule has 3 fully saturated rings. The van der Waals surface area contributed by atoms with E-state index in [2.05, 4.69) is 13.5 Å². The average Bonchev–Trinajstić information content (AvgIpc) is 2.87. The third-order valence-corrected chi connectivity index (χ3v) is 9.56. The summed E-state index contributed by atoms with van der Waals surface area (Å²) in [6, 6.07) is 0. The summed E-state index contributed by atoms with van der Waals surface area (Å²) < 4.78 is 16.8. The van der Waals surface area contributed by atoms with E-state index in [0.717, 1.165) is 17.6 Å². The third-order valence-electron chi connectivity index (χ3n) is 9.56. The van der Waals surface area contributed by atoms with Gasteiger partial charge in [-0.05, 0) is 73.3 Å². The van der Waals surface area contributed by atoms with E-state index in [4.69, 9.17) is 19.3 Å². The number of rotatable bonds is 10. The van der Waals surface area contributed by atoms with Crippen molar-refractivity contribution in [3.05, 3.63) is 23.8 Å². The van der Waals surface area contributed by atoms with E-state index in [-0.39, 0.29) is 23.9 Å². The zero-order chi connectivity index (χ0) is 30.0. The van der Waals surface area contributed by atoms with Crippen LogP contribution in [0, 0.1) is 22.7 Å². The number of aliphatic hydroxyl groups is 5. The van der Waals surface area contributed by atoms with Crippen molar-refractivity contribution < 1.29 is 54.4 Å². The van der Waals surface area contributed by atoms with Gasteiger partial charge in [0.1, 0.15) is 37.4 Å². The molecule has 0 radical (unpaired) electrons. The van der Waals surface area contributed by atoms with Gasteiger partial charge in [0, 0.05) is 0 Å². The van der Waals surface area contributed by atoms with Crippen LogP contribution in [0.5, 0.6) is 0 Å². The van der Waals surface area contributed by atoms with Gasteiger partial charge in [-0.25, -0.2) is 0 Å². The Morgan fingerprint density at radius 2 is 1.80 bits per heavy atom. The van der Waals surface area contributed by atoms with Crippen molar-refractivity contribution >= 4 is 11.9 Å². The van der Waals surface area contributed by atoms with Crippen molar-refractivity contribution in [1.29, 1.82) is 0 Å². The molecule has 0 bridgehead atoms. The number of ether oxygens (including phenoxy) is 3. The Bertz CT molecular complexity index is 960. The highest BCUT2D eigenvalue weighted by Gasteiger charge is 2.58. The number of carboxylic acids is 1. The normalized spacial score (nSPS) is 39.9. The van der Waals surface area contributed by atoms with Crippen molar-refractivity contribution in [2.24, 2.45) is 22.7 Å². The van der Waals surface area contributed by atoms with Gasteiger partial charge in [0.15, 0.2) is 6.29 Å². The zero-order valence-corrected chi connectivity index (χ0v) is 23.9. The van der Waals surface area contributed by atoms with Gasteiger partial charge in [0.2, 0.25) is 0 Å². The first-order valence-electron chi connectivity index (χ1n) is 14.0. The summed E-state index contributed by atoms with van der Waals surface area (Å²) in [5.74, 6) is -2.06. The maximum atomic E-state index is 11.5. The van der Waals surface area contributed by atoms with E-state index in [1.807, 2.05) is 20.8 Å². The first-order valence-corrected chi connectivity index (χ1v) is 14.0. The molecule has 11 heteroatoms.